The second-order valence-electron chi connectivity index (χ2n) is 4.91. The molecule has 0 bridgehead atoms. The van der Waals surface area contributed by atoms with Crippen LogP contribution in [0.5, 0.6) is 0 Å². The fourth-order valence-electron chi connectivity index (χ4n) is 2.04. The molecule has 1 aromatic heterocycles. The second kappa shape index (κ2) is 4.89. The maximum atomic E-state index is 11.2. The van der Waals surface area contributed by atoms with Crippen molar-refractivity contribution in [3.63, 3.8) is 0 Å². The van der Waals surface area contributed by atoms with E-state index in [1.807, 2.05) is 11.5 Å². The van der Waals surface area contributed by atoms with Gasteiger partial charge >= 0.3 is 5.91 Å². The molecule has 94 valence electrons. The van der Waals surface area contributed by atoms with Gasteiger partial charge in [-0.1, -0.05) is 6.92 Å². The molecule has 3 N–H and O–H groups in total. The van der Waals surface area contributed by atoms with Crippen LogP contribution in [-0.4, -0.2) is 24.4 Å². The number of hydrogen-bond donors (Lipinski definition) is 2. The maximum Gasteiger partial charge on any atom is 0.300 e. The average molecular weight is 237 g/mol. The molecule has 1 fully saturated rings. The van der Waals surface area contributed by atoms with Gasteiger partial charge in [0.1, 0.15) is 5.76 Å². The Morgan fingerprint density at radius 3 is 2.94 bits per heavy atom. The van der Waals surface area contributed by atoms with Crippen LogP contribution in [0.4, 0.5) is 0 Å². The summed E-state index contributed by atoms with van der Waals surface area (Å²) >= 11 is 0. The predicted octanol–water partition coefficient (Wildman–Crippen LogP) is 0.971. The van der Waals surface area contributed by atoms with Crippen LogP contribution >= 0.6 is 0 Å². The zero-order valence-corrected chi connectivity index (χ0v) is 10.3. The van der Waals surface area contributed by atoms with Crippen LogP contribution in [0, 0.1) is 11.8 Å². The molecule has 0 spiro atoms. The van der Waals surface area contributed by atoms with E-state index >= 15 is 0 Å². The fourth-order valence-corrected chi connectivity index (χ4v) is 2.04. The van der Waals surface area contributed by atoms with Gasteiger partial charge in [-0.15, -0.1) is 0 Å². The molecule has 2 rings (SSSR count). The summed E-state index contributed by atoms with van der Waals surface area (Å²) in [6, 6.07) is 3.46. The van der Waals surface area contributed by atoms with Crippen molar-refractivity contribution in [2.75, 3.05) is 13.6 Å². The van der Waals surface area contributed by atoms with E-state index in [0.29, 0.717) is 0 Å². The van der Waals surface area contributed by atoms with E-state index in [2.05, 4.69) is 18.9 Å². The highest BCUT2D eigenvalue weighted by molar-refractivity contribution is 5.90. The lowest BCUT2D eigenvalue weighted by Crippen LogP contribution is -2.29. The van der Waals surface area contributed by atoms with Gasteiger partial charge in [0, 0.05) is 6.54 Å². The molecule has 1 saturated carbocycles. The summed E-state index contributed by atoms with van der Waals surface area (Å²) in [6.07, 6.45) is 1.32. The summed E-state index contributed by atoms with van der Waals surface area (Å²) < 4.78 is 5.40. The average Bonchev–Trinajstić information content (AvgIpc) is 2.80. The monoisotopic (exact) mass is 237 g/mol. The maximum absolute atomic E-state index is 11.2. The molecule has 1 aliphatic carbocycles. The van der Waals surface area contributed by atoms with Gasteiger partial charge in [0.25, 0.3) is 0 Å². The van der Waals surface area contributed by atoms with Crippen LogP contribution in [0.2, 0.25) is 0 Å². The van der Waals surface area contributed by atoms with E-state index < -0.39 is 5.91 Å². The first kappa shape index (κ1) is 12.1. The molecule has 5 nitrogen and oxygen atoms in total. The Morgan fingerprint density at radius 1 is 1.65 bits per heavy atom. The van der Waals surface area contributed by atoms with Crippen molar-refractivity contribution in [1.82, 2.24) is 10.3 Å². The first-order valence-corrected chi connectivity index (χ1v) is 5.88. The molecule has 0 radical (unpaired) electrons. The summed E-state index contributed by atoms with van der Waals surface area (Å²) in [5, 5.41) is 0. The van der Waals surface area contributed by atoms with Gasteiger partial charge in [-0.3, -0.25) is 15.1 Å². The Hall–Kier alpha value is -1.33. The van der Waals surface area contributed by atoms with Gasteiger partial charge in [0.05, 0.1) is 6.54 Å². The molecule has 1 aromatic rings. The van der Waals surface area contributed by atoms with Gasteiger partial charge in [0.15, 0.2) is 5.76 Å². The van der Waals surface area contributed by atoms with Gasteiger partial charge in [-0.25, -0.2) is 5.84 Å². The Bertz CT molecular complexity index is 402. The molecule has 17 heavy (non-hydrogen) atoms. The van der Waals surface area contributed by atoms with Crippen LogP contribution in [0.15, 0.2) is 16.5 Å². The zero-order chi connectivity index (χ0) is 12.4. The number of hydrazine groups is 1. The summed E-state index contributed by atoms with van der Waals surface area (Å²) in [7, 11) is 2.07. The molecular weight excluding hydrogens is 218 g/mol. The highest BCUT2D eigenvalue weighted by Gasteiger charge is 2.33. The largest absolute Gasteiger partial charge is 0.455 e. The summed E-state index contributed by atoms with van der Waals surface area (Å²) in [5.41, 5.74) is 2.05. The lowest BCUT2D eigenvalue weighted by atomic mass is 10.3. The Kier molecular flexibility index (Phi) is 3.49. The number of nitrogen functional groups attached to an aromatic ring is 1. The van der Waals surface area contributed by atoms with Crippen molar-refractivity contribution in [2.24, 2.45) is 17.7 Å². The number of nitrogens with one attached hydrogen (secondary N) is 1. The quantitative estimate of drug-likeness (QED) is 0.455. The minimum Gasteiger partial charge on any atom is -0.455 e. The molecule has 0 saturated heterocycles. The number of nitrogens with zero attached hydrogens (tertiary/aromatic N) is 1. The second-order valence-corrected chi connectivity index (χ2v) is 4.91. The van der Waals surface area contributed by atoms with Crippen LogP contribution in [0.1, 0.15) is 29.7 Å². The molecule has 1 amide bonds. The fraction of sp³-hybridized carbons (Fsp3) is 0.583. The number of nitrogens with two attached hydrogens (primary N) is 1. The first-order chi connectivity index (χ1) is 8.10. The predicted molar refractivity (Wildman–Crippen MR) is 64.0 cm³/mol. The molecule has 2 atom stereocenters. The molecule has 1 aliphatic rings. The van der Waals surface area contributed by atoms with Gasteiger partial charge in [-0.2, -0.15) is 0 Å². The van der Waals surface area contributed by atoms with E-state index in [4.69, 9.17) is 10.3 Å². The molecule has 0 aromatic carbocycles. The molecule has 5 heteroatoms. The van der Waals surface area contributed by atoms with Gasteiger partial charge in [0.2, 0.25) is 0 Å². The third-order valence-electron chi connectivity index (χ3n) is 3.26. The summed E-state index contributed by atoms with van der Waals surface area (Å²) in [6.45, 7) is 4.08. The number of furan rings is 1. The molecule has 1 heterocycles. The van der Waals surface area contributed by atoms with Crippen molar-refractivity contribution >= 4 is 5.91 Å². The number of carbonyl (C=O) groups is 1. The summed E-state index contributed by atoms with van der Waals surface area (Å²) in [5.74, 6) is 7.37. The molecular formula is C12H19N3O2. The summed E-state index contributed by atoms with van der Waals surface area (Å²) in [4.78, 5) is 13.4. The van der Waals surface area contributed by atoms with Crippen molar-refractivity contribution in [1.29, 1.82) is 0 Å². The topological polar surface area (TPSA) is 71.5 Å². The van der Waals surface area contributed by atoms with E-state index in [0.717, 1.165) is 30.7 Å². The van der Waals surface area contributed by atoms with Crippen LogP contribution in [0.3, 0.4) is 0 Å². The number of carbonyl (C=O) groups excluding carboxylic acids is 1. The van der Waals surface area contributed by atoms with E-state index in [-0.39, 0.29) is 5.76 Å². The third kappa shape index (κ3) is 3.08. The SMILES string of the molecule is CC1CC1CN(C)Cc1ccc(C(=O)NN)o1. The Morgan fingerprint density at radius 2 is 2.35 bits per heavy atom. The Balaban J connectivity index is 1.85. The van der Waals surface area contributed by atoms with E-state index in [1.54, 1.807) is 6.07 Å². The van der Waals surface area contributed by atoms with E-state index in [9.17, 15) is 4.79 Å². The highest BCUT2D eigenvalue weighted by atomic mass is 16.4. The third-order valence-corrected chi connectivity index (χ3v) is 3.26. The zero-order valence-electron chi connectivity index (χ0n) is 10.3. The molecule has 0 aliphatic heterocycles. The smallest absolute Gasteiger partial charge is 0.300 e. The standard InChI is InChI=1S/C12H19N3O2/c1-8-5-9(8)6-15(2)7-10-3-4-11(17-10)12(16)14-13/h3-4,8-9H,5-7,13H2,1-2H3,(H,14,16). The Labute approximate surface area is 101 Å². The van der Waals surface area contributed by atoms with E-state index in [1.165, 1.54) is 6.42 Å². The number of hydrogen-bond acceptors (Lipinski definition) is 4. The molecule has 2 unspecified atom stereocenters. The van der Waals surface area contributed by atoms with Gasteiger partial charge in [-0.05, 0) is 37.4 Å². The normalized spacial score (nSPS) is 22.8. The number of amides is 1. The van der Waals surface area contributed by atoms with Crippen molar-refractivity contribution < 1.29 is 9.21 Å². The van der Waals surface area contributed by atoms with Crippen molar-refractivity contribution in [2.45, 2.75) is 19.9 Å². The van der Waals surface area contributed by atoms with Crippen molar-refractivity contribution in [3.05, 3.63) is 23.7 Å². The minimum absolute atomic E-state index is 0.260. The van der Waals surface area contributed by atoms with Crippen LogP contribution < -0.4 is 11.3 Å². The minimum atomic E-state index is -0.394. The lowest BCUT2D eigenvalue weighted by Gasteiger charge is -2.14. The highest BCUT2D eigenvalue weighted by Crippen LogP contribution is 2.38. The first-order valence-electron chi connectivity index (χ1n) is 5.88. The van der Waals surface area contributed by atoms with Crippen LogP contribution in [0.25, 0.3) is 0 Å². The number of rotatable bonds is 5. The van der Waals surface area contributed by atoms with Crippen LogP contribution in [-0.2, 0) is 6.54 Å². The van der Waals surface area contributed by atoms with Crippen molar-refractivity contribution in [3.8, 4) is 0 Å². The van der Waals surface area contributed by atoms with Gasteiger partial charge < -0.3 is 4.42 Å². The lowest BCUT2D eigenvalue weighted by molar-refractivity contribution is 0.0922.